The van der Waals surface area contributed by atoms with Crippen molar-refractivity contribution in [1.82, 2.24) is 5.32 Å². The average Bonchev–Trinajstić information content (AvgIpc) is 2.77. The second-order valence-electron chi connectivity index (χ2n) is 4.88. The fraction of sp³-hybridized carbons (Fsp3) is 0.571. The second-order valence-corrected chi connectivity index (χ2v) is 4.88. The van der Waals surface area contributed by atoms with Crippen LogP contribution in [0, 0.1) is 12.8 Å². The molecule has 0 radical (unpaired) electrons. The van der Waals surface area contributed by atoms with Gasteiger partial charge in [0.2, 0.25) is 6.79 Å². The first-order valence-electron chi connectivity index (χ1n) is 6.44. The molecule has 1 aliphatic heterocycles. The second kappa shape index (κ2) is 5.59. The Kier molecular flexibility index (Phi) is 4.09. The lowest BCUT2D eigenvalue weighted by Gasteiger charge is -2.25. The van der Waals surface area contributed by atoms with Gasteiger partial charge in [0.05, 0.1) is 0 Å². The Morgan fingerprint density at radius 3 is 2.61 bits per heavy atom. The van der Waals surface area contributed by atoms with Crippen LogP contribution in [0.2, 0.25) is 0 Å². The van der Waals surface area contributed by atoms with Gasteiger partial charge in [-0.2, -0.15) is 0 Å². The molecule has 18 heavy (non-hydrogen) atoms. The highest BCUT2D eigenvalue weighted by Gasteiger charge is 2.23. The van der Waals surface area contributed by atoms with E-state index >= 15 is 0 Å². The zero-order valence-electron chi connectivity index (χ0n) is 11.3. The van der Waals surface area contributed by atoms with Crippen molar-refractivity contribution in [1.29, 1.82) is 0 Å². The lowest BCUT2D eigenvalue weighted by Crippen LogP contribution is -2.26. The minimum Gasteiger partial charge on any atom is -0.454 e. The number of fused-ring (bicyclic) bond motifs is 1. The number of hydrogen-bond acceptors (Lipinski definition) is 4. The molecule has 0 saturated carbocycles. The van der Waals surface area contributed by atoms with Crippen molar-refractivity contribution >= 4 is 0 Å². The van der Waals surface area contributed by atoms with Gasteiger partial charge in [-0.15, -0.1) is 0 Å². The van der Waals surface area contributed by atoms with Crippen LogP contribution < -0.4 is 20.5 Å². The van der Waals surface area contributed by atoms with Gasteiger partial charge in [-0.3, -0.25) is 0 Å². The van der Waals surface area contributed by atoms with Crippen molar-refractivity contribution < 1.29 is 9.47 Å². The average molecular weight is 250 g/mol. The van der Waals surface area contributed by atoms with Crippen LogP contribution >= 0.6 is 0 Å². The lowest BCUT2D eigenvalue weighted by atomic mass is 9.89. The Hall–Kier alpha value is -1.26. The zero-order chi connectivity index (χ0) is 13.1. The fourth-order valence-corrected chi connectivity index (χ4v) is 2.57. The predicted octanol–water partition coefficient (Wildman–Crippen LogP) is 1.97. The third-order valence-electron chi connectivity index (χ3n) is 3.60. The van der Waals surface area contributed by atoms with Crippen molar-refractivity contribution in [2.24, 2.45) is 11.7 Å². The van der Waals surface area contributed by atoms with E-state index in [2.05, 4.69) is 31.3 Å². The highest BCUT2D eigenvalue weighted by Crippen LogP contribution is 2.38. The summed E-state index contributed by atoms with van der Waals surface area (Å²) in [6.45, 7) is 5.36. The third-order valence-corrected chi connectivity index (χ3v) is 3.60. The molecule has 4 nitrogen and oxygen atoms in total. The van der Waals surface area contributed by atoms with Crippen LogP contribution in [-0.2, 0) is 0 Å². The molecule has 1 heterocycles. The number of aryl methyl sites for hydroxylation is 1. The molecule has 100 valence electrons. The molecule has 2 atom stereocenters. The lowest BCUT2D eigenvalue weighted by molar-refractivity contribution is 0.174. The van der Waals surface area contributed by atoms with Crippen molar-refractivity contribution in [3.05, 3.63) is 23.3 Å². The number of nitrogens with two attached hydrogens (primary N) is 1. The Labute approximate surface area is 108 Å². The molecule has 2 rings (SSSR count). The highest BCUT2D eigenvalue weighted by atomic mass is 16.7. The molecular weight excluding hydrogens is 228 g/mol. The van der Waals surface area contributed by atoms with Crippen LogP contribution in [0.25, 0.3) is 0 Å². The largest absolute Gasteiger partial charge is 0.454 e. The molecule has 0 spiro atoms. The first kappa shape index (κ1) is 13.2. The van der Waals surface area contributed by atoms with Crippen LogP contribution in [0.15, 0.2) is 12.1 Å². The molecule has 1 aliphatic rings. The first-order valence-corrected chi connectivity index (χ1v) is 6.44. The van der Waals surface area contributed by atoms with Gasteiger partial charge >= 0.3 is 0 Å². The van der Waals surface area contributed by atoms with E-state index in [4.69, 9.17) is 15.2 Å². The minimum absolute atomic E-state index is 0.294. The van der Waals surface area contributed by atoms with E-state index in [1.807, 2.05) is 7.05 Å². The molecule has 3 N–H and O–H groups in total. The van der Waals surface area contributed by atoms with Crippen molar-refractivity contribution in [2.45, 2.75) is 26.3 Å². The summed E-state index contributed by atoms with van der Waals surface area (Å²) < 4.78 is 10.8. The van der Waals surface area contributed by atoms with Crippen LogP contribution in [0.5, 0.6) is 11.5 Å². The zero-order valence-corrected chi connectivity index (χ0v) is 11.3. The maximum atomic E-state index is 5.66. The van der Waals surface area contributed by atoms with E-state index in [1.165, 1.54) is 11.1 Å². The molecule has 0 bridgehead atoms. The number of benzene rings is 1. The Morgan fingerprint density at radius 1 is 1.33 bits per heavy atom. The molecule has 4 heteroatoms. The summed E-state index contributed by atoms with van der Waals surface area (Å²) in [5.41, 5.74) is 8.15. The molecule has 0 aromatic heterocycles. The van der Waals surface area contributed by atoms with Crippen molar-refractivity contribution in [3.8, 4) is 11.5 Å². The summed E-state index contributed by atoms with van der Waals surface area (Å²) in [7, 11) is 1.99. The molecule has 0 aliphatic carbocycles. The fourth-order valence-electron chi connectivity index (χ4n) is 2.57. The minimum atomic E-state index is 0.294. The summed E-state index contributed by atoms with van der Waals surface area (Å²) in [4.78, 5) is 0. The monoisotopic (exact) mass is 250 g/mol. The van der Waals surface area contributed by atoms with Crippen LogP contribution in [0.1, 0.15) is 30.5 Å². The SMILES string of the molecule is CNC(c1cc2c(cc1C)OCO2)C(C)CCN. The quantitative estimate of drug-likeness (QED) is 0.839. The van der Waals surface area contributed by atoms with Gasteiger partial charge < -0.3 is 20.5 Å². The van der Waals surface area contributed by atoms with Crippen molar-refractivity contribution in [2.75, 3.05) is 20.4 Å². The van der Waals surface area contributed by atoms with Gasteiger partial charge in [0, 0.05) is 6.04 Å². The molecular formula is C14H22N2O2. The molecule has 1 aromatic carbocycles. The van der Waals surface area contributed by atoms with E-state index in [-0.39, 0.29) is 0 Å². The molecule has 0 amide bonds. The third kappa shape index (κ3) is 2.44. The summed E-state index contributed by atoms with van der Waals surface area (Å²) in [5, 5.41) is 3.38. The highest BCUT2D eigenvalue weighted by molar-refractivity contribution is 5.49. The summed E-state index contributed by atoms with van der Waals surface area (Å²) in [6, 6.07) is 4.44. The smallest absolute Gasteiger partial charge is 0.231 e. The summed E-state index contributed by atoms with van der Waals surface area (Å²) in [6.07, 6.45) is 0.999. The molecule has 1 aromatic rings. The van der Waals surface area contributed by atoms with Crippen LogP contribution in [0.4, 0.5) is 0 Å². The van der Waals surface area contributed by atoms with E-state index < -0.39 is 0 Å². The topological polar surface area (TPSA) is 56.5 Å². The molecule has 2 unspecified atom stereocenters. The van der Waals surface area contributed by atoms with E-state index in [0.717, 1.165) is 17.9 Å². The normalized spacial score (nSPS) is 16.7. The van der Waals surface area contributed by atoms with Gasteiger partial charge in [0.25, 0.3) is 0 Å². The van der Waals surface area contributed by atoms with Gasteiger partial charge in [0.1, 0.15) is 0 Å². The van der Waals surface area contributed by atoms with Crippen molar-refractivity contribution in [3.63, 3.8) is 0 Å². The molecule has 0 saturated heterocycles. The molecule has 0 fully saturated rings. The maximum Gasteiger partial charge on any atom is 0.231 e. The summed E-state index contributed by atoms with van der Waals surface area (Å²) in [5.74, 6) is 2.17. The van der Waals surface area contributed by atoms with Crippen LogP contribution in [0.3, 0.4) is 0 Å². The standard InChI is InChI=1S/C14H22N2O2/c1-9(4-5-15)14(16-3)11-7-13-12(6-10(11)2)17-8-18-13/h6-7,9,14,16H,4-5,8,15H2,1-3H3. The number of ether oxygens (including phenoxy) is 2. The number of rotatable bonds is 5. The van der Waals surface area contributed by atoms with Crippen LogP contribution in [-0.4, -0.2) is 20.4 Å². The number of hydrogen-bond donors (Lipinski definition) is 2. The van der Waals surface area contributed by atoms with E-state index in [0.29, 0.717) is 25.3 Å². The Bertz CT molecular complexity index is 421. The van der Waals surface area contributed by atoms with Gasteiger partial charge in [0.15, 0.2) is 11.5 Å². The number of nitrogens with one attached hydrogen (secondary N) is 1. The van der Waals surface area contributed by atoms with E-state index in [9.17, 15) is 0 Å². The summed E-state index contributed by atoms with van der Waals surface area (Å²) >= 11 is 0. The first-order chi connectivity index (χ1) is 8.67. The maximum absolute atomic E-state index is 5.66. The predicted molar refractivity (Wildman–Crippen MR) is 71.9 cm³/mol. The Balaban J connectivity index is 2.30. The van der Waals surface area contributed by atoms with Gasteiger partial charge in [-0.25, -0.2) is 0 Å². The van der Waals surface area contributed by atoms with E-state index in [1.54, 1.807) is 0 Å². The Morgan fingerprint density at radius 2 is 2.00 bits per heavy atom. The van der Waals surface area contributed by atoms with Gasteiger partial charge in [-0.05, 0) is 56.1 Å². The van der Waals surface area contributed by atoms with Gasteiger partial charge in [-0.1, -0.05) is 6.92 Å².